The van der Waals surface area contributed by atoms with Crippen molar-refractivity contribution in [2.45, 2.75) is 45.6 Å². The summed E-state index contributed by atoms with van der Waals surface area (Å²) in [5, 5.41) is 10.7. The molecule has 1 aliphatic heterocycles. The molecule has 2 heterocycles. The number of fused-ring (bicyclic) bond motifs is 1. The lowest BCUT2D eigenvalue weighted by atomic mass is 10.0. The Morgan fingerprint density at radius 2 is 2.19 bits per heavy atom. The number of benzene rings is 1. The van der Waals surface area contributed by atoms with Crippen molar-refractivity contribution in [1.29, 1.82) is 0 Å². The van der Waals surface area contributed by atoms with Crippen molar-refractivity contribution in [1.82, 2.24) is 4.98 Å². The fourth-order valence-corrected chi connectivity index (χ4v) is 3.97. The number of aryl methyl sites for hydroxylation is 1. The second-order valence-electron chi connectivity index (χ2n) is 5.66. The molecule has 1 aromatic heterocycles. The van der Waals surface area contributed by atoms with Crippen LogP contribution >= 0.6 is 11.3 Å². The van der Waals surface area contributed by atoms with Gasteiger partial charge in [0, 0.05) is 12.2 Å². The van der Waals surface area contributed by atoms with Crippen molar-refractivity contribution in [2.24, 2.45) is 0 Å². The minimum absolute atomic E-state index is 0.0901. The number of hydrogen-bond acceptors (Lipinski definition) is 4. The van der Waals surface area contributed by atoms with Gasteiger partial charge in [-0.2, -0.15) is 0 Å². The Hall–Kier alpha value is -1.39. The van der Waals surface area contributed by atoms with Crippen molar-refractivity contribution in [3.05, 3.63) is 40.4 Å². The van der Waals surface area contributed by atoms with E-state index in [1.54, 1.807) is 11.3 Å². The number of para-hydroxylation sites is 1. The average Bonchev–Trinajstić information content (AvgIpc) is 2.97. The molecule has 0 fully saturated rings. The molecule has 0 bridgehead atoms. The van der Waals surface area contributed by atoms with Gasteiger partial charge in [0.1, 0.15) is 0 Å². The molecule has 0 radical (unpaired) electrons. The van der Waals surface area contributed by atoms with Crippen LogP contribution in [0, 0.1) is 0 Å². The van der Waals surface area contributed by atoms with Gasteiger partial charge in [0.05, 0.1) is 17.2 Å². The minimum Gasteiger partial charge on any atom is -0.391 e. The zero-order valence-electron chi connectivity index (χ0n) is 12.7. The molecule has 1 atom stereocenters. The molecule has 0 saturated carbocycles. The zero-order chi connectivity index (χ0) is 14.8. The average molecular weight is 302 g/mol. The maximum absolute atomic E-state index is 9.62. The standard InChI is InChI=1S/C17H22N2OS/c1-3-12(2)16-15(11-20)21-17(18-16)19-10-6-8-13-7-4-5-9-14(13)19/h4-5,7,9,12,20H,3,6,8,10-11H2,1-2H3. The Kier molecular flexibility index (Phi) is 4.27. The van der Waals surface area contributed by atoms with E-state index in [2.05, 4.69) is 43.0 Å². The Balaban J connectivity index is 2.00. The molecule has 4 heteroatoms. The van der Waals surface area contributed by atoms with Gasteiger partial charge in [0.15, 0.2) is 5.13 Å². The number of thiazole rings is 1. The van der Waals surface area contributed by atoms with Gasteiger partial charge in [0.25, 0.3) is 0 Å². The third kappa shape index (κ3) is 2.70. The highest BCUT2D eigenvalue weighted by Gasteiger charge is 2.23. The molecular weight excluding hydrogens is 280 g/mol. The van der Waals surface area contributed by atoms with Crippen molar-refractivity contribution >= 4 is 22.2 Å². The lowest BCUT2D eigenvalue weighted by Crippen LogP contribution is -2.24. The highest BCUT2D eigenvalue weighted by atomic mass is 32.1. The van der Waals surface area contributed by atoms with E-state index in [9.17, 15) is 5.11 Å². The number of anilines is 2. The first-order chi connectivity index (χ1) is 10.2. The SMILES string of the molecule is CCC(C)c1nc(N2CCCc3ccccc32)sc1CO. The summed E-state index contributed by atoms with van der Waals surface area (Å²) in [7, 11) is 0. The van der Waals surface area contributed by atoms with Gasteiger partial charge >= 0.3 is 0 Å². The maximum Gasteiger partial charge on any atom is 0.190 e. The predicted molar refractivity (Wildman–Crippen MR) is 88.5 cm³/mol. The predicted octanol–water partition coefficient (Wildman–Crippen LogP) is 4.23. The van der Waals surface area contributed by atoms with Crippen molar-refractivity contribution in [2.75, 3.05) is 11.4 Å². The summed E-state index contributed by atoms with van der Waals surface area (Å²) < 4.78 is 0. The monoisotopic (exact) mass is 302 g/mol. The van der Waals surface area contributed by atoms with E-state index in [4.69, 9.17) is 4.98 Å². The number of hydrogen-bond donors (Lipinski definition) is 1. The minimum atomic E-state index is 0.0901. The second-order valence-corrected chi connectivity index (χ2v) is 6.72. The van der Waals surface area contributed by atoms with Crippen LogP contribution in [0.5, 0.6) is 0 Å². The Morgan fingerprint density at radius 3 is 2.95 bits per heavy atom. The van der Waals surface area contributed by atoms with Crippen LogP contribution in [0.25, 0.3) is 0 Å². The molecular formula is C17H22N2OS. The van der Waals surface area contributed by atoms with Crippen LogP contribution in [0.2, 0.25) is 0 Å². The first kappa shape index (κ1) is 14.5. The normalized spacial score (nSPS) is 15.9. The smallest absolute Gasteiger partial charge is 0.190 e. The quantitative estimate of drug-likeness (QED) is 0.918. The number of aromatic nitrogens is 1. The fraction of sp³-hybridized carbons (Fsp3) is 0.471. The second kappa shape index (κ2) is 6.16. The Labute approximate surface area is 130 Å². The first-order valence-electron chi connectivity index (χ1n) is 7.70. The summed E-state index contributed by atoms with van der Waals surface area (Å²) in [5.41, 5.74) is 3.75. The lowest BCUT2D eigenvalue weighted by molar-refractivity contribution is 0.283. The first-order valence-corrected chi connectivity index (χ1v) is 8.52. The van der Waals surface area contributed by atoms with E-state index in [1.165, 1.54) is 11.3 Å². The van der Waals surface area contributed by atoms with Gasteiger partial charge in [-0.25, -0.2) is 4.98 Å². The van der Waals surface area contributed by atoms with Crippen LogP contribution < -0.4 is 4.90 Å². The van der Waals surface area contributed by atoms with Crippen LogP contribution in [-0.2, 0) is 13.0 Å². The van der Waals surface area contributed by atoms with E-state index in [0.29, 0.717) is 5.92 Å². The van der Waals surface area contributed by atoms with Crippen molar-refractivity contribution < 1.29 is 5.11 Å². The van der Waals surface area contributed by atoms with Crippen molar-refractivity contribution in [3.63, 3.8) is 0 Å². The molecule has 1 aliphatic rings. The largest absolute Gasteiger partial charge is 0.391 e. The maximum atomic E-state index is 9.62. The summed E-state index contributed by atoms with van der Waals surface area (Å²) in [6, 6.07) is 8.58. The molecule has 0 aliphatic carbocycles. The number of rotatable bonds is 4. The third-order valence-electron chi connectivity index (χ3n) is 4.28. The molecule has 0 spiro atoms. The Morgan fingerprint density at radius 1 is 1.38 bits per heavy atom. The topological polar surface area (TPSA) is 36.4 Å². The fourth-order valence-electron chi connectivity index (χ4n) is 2.89. The molecule has 1 unspecified atom stereocenters. The van der Waals surface area contributed by atoms with E-state index in [1.807, 2.05) is 0 Å². The van der Waals surface area contributed by atoms with Crippen molar-refractivity contribution in [3.8, 4) is 0 Å². The molecule has 3 nitrogen and oxygen atoms in total. The highest BCUT2D eigenvalue weighted by Crippen LogP contribution is 2.38. The summed E-state index contributed by atoms with van der Waals surface area (Å²) in [6.45, 7) is 5.45. The summed E-state index contributed by atoms with van der Waals surface area (Å²) in [5.74, 6) is 0.400. The van der Waals surface area contributed by atoms with E-state index < -0.39 is 0 Å². The number of nitrogens with zero attached hydrogens (tertiary/aromatic N) is 2. The van der Waals surface area contributed by atoms with Crippen LogP contribution in [-0.4, -0.2) is 16.6 Å². The third-order valence-corrected chi connectivity index (χ3v) is 5.36. The van der Waals surface area contributed by atoms with Crippen LogP contribution in [0.15, 0.2) is 24.3 Å². The van der Waals surface area contributed by atoms with E-state index >= 15 is 0 Å². The van der Waals surface area contributed by atoms with Gasteiger partial charge in [0.2, 0.25) is 0 Å². The van der Waals surface area contributed by atoms with Gasteiger partial charge < -0.3 is 10.0 Å². The highest BCUT2D eigenvalue weighted by molar-refractivity contribution is 7.15. The number of aliphatic hydroxyl groups excluding tert-OH is 1. The molecule has 3 rings (SSSR count). The molecule has 0 saturated heterocycles. The van der Waals surface area contributed by atoms with E-state index in [0.717, 1.165) is 41.5 Å². The van der Waals surface area contributed by atoms with Gasteiger partial charge in [-0.3, -0.25) is 0 Å². The van der Waals surface area contributed by atoms with Gasteiger partial charge in [-0.15, -0.1) is 0 Å². The molecule has 21 heavy (non-hydrogen) atoms. The van der Waals surface area contributed by atoms with Gasteiger partial charge in [-0.05, 0) is 36.8 Å². The van der Waals surface area contributed by atoms with Gasteiger partial charge in [-0.1, -0.05) is 43.4 Å². The van der Waals surface area contributed by atoms with E-state index in [-0.39, 0.29) is 6.61 Å². The summed E-state index contributed by atoms with van der Waals surface area (Å²) >= 11 is 1.64. The molecule has 1 aromatic carbocycles. The molecule has 2 aromatic rings. The molecule has 112 valence electrons. The van der Waals surface area contributed by atoms with Crippen LogP contribution in [0.3, 0.4) is 0 Å². The Bertz CT molecular complexity index is 623. The molecule has 1 N–H and O–H groups in total. The zero-order valence-corrected chi connectivity index (χ0v) is 13.5. The van der Waals surface area contributed by atoms with Crippen LogP contribution in [0.1, 0.15) is 48.7 Å². The number of aliphatic hydroxyl groups is 1. The lowest BCUT2D eigenvalue weighted by Gasteiger charge is -2.29. The summed E-state index contributed by atoms with van der Waals surface area (Å²) in [6.07, 6.45) is 3.35. The molecule has 0 amide bonds. The van der Waals surface area contributed by atoms with Crippen LogP contribution in [0.4, 0.5) is 10.8 Å². The summed E-state index contributed by atoms with van der Waals surface area (Å²) in [4.78, 5) is 8.19.